The van der Waals surface area contributed by atoms with E-state index in [9.17, 15) is 4.79 Å². The van der Waals surface area contributed by atoms with Gasteiger partial charge in [-0.1, -0.05) is 41.1 Å². The van der Waals surface area contributed by atoms with Crippen LogP contribution in [0.1, 0.15) is 34.8 Å². The van der Waals surface area contributed by atoms with E-state index in [1.165, 1.54) is 0 Å². The third kappa shape index (κ3) is 2.33. The van der Waals surface area contributed by atoms with E-state index in [0.29, 0.717) is 12.0 Å². The largest absolute Gasteiger partial charge is 0.335 e. The number of hydrogen-bond acceptors (Lipinski definition) is 1. The molecule has 1 saturated heterocycles. The predicted octanol–water partition coefficient (Wildman–Crippen LogP) is 3.55. The quantitative estimate of drug-likeness (QED) is 0.765. The summed E-state index contributed by atoms with van der Waals surface area (Å²) < 4.78 is 0. The highest BCUT2D eigenvalue weighted by molar-refractivity contribution is 9.09. The van der Waals surface area contributed by atoms with E-state index in [2.05, 4.69) is 22.9 Å². The Bertz CT molecular complexity index is 438. The van der Waals surface area contributed by atoms with Crippen molar-refractivity contribution in [1.29, 1.82) is 0 Å². The second-order valence-corrected chi connectivity index (χ2v) is 5.90. The number of rotatable bonds is 2. The van der Waals surface area contributed by atoms with Crippen molar-refractivity contribution in [2.75, 3.05) is 11.9 Å². The summed E-state index contributed by atoms with van der Waals surface area (Å²) in [6.07, 6.45) is 1.10. The van der Waals surface area contributed by atoms with Crippen molar-refractivity contribution in [3.8, 4) is 0 Å². The molecule has 1 aliphatic rings. The van der Waals surface area contributed by atoms with Gasteiger partial charge >= 0.3 is 0 Å². The second-order valence-electron chi connectivity index (χ2n) is 5.25. The lowest BCUT2D eigenvalue weighted by atomic mass is 10.0. The normalized spacial score (nSPS) is 23.4. The van der Waals surface area contributed by atoms with Gasteiger partial charge in [-0.2, -0.15) is 0 Å². The lowest BCUT2D eigenvalue weighted by Crippen LogP contribution is -2.39. The summed E-state index contributed by atoms with van der Waals surface area (Å²) in [5, 5.41) is 0.866. The van der Waals surface area contributed by atoms with Crippen LogP contribution in [-0.4, -0.2) is 28.7 Å². The minimum absolute atomic E-state index is 0.194. The third-order valence-corrected chi connectivity index (χ3v) is 4.66. The van der Waals surface area contributed by atoms with E-state index in [1.54, 1.807) is 0 Å². The Kier molecular flexibility index (Phi) is 4.10. The van der Waals surface area contributed by atoms with E-state index in [-0.39, 0.29) is 5.91 Å². The molecule has 1 fully saturated rings. The highest BCUT2D eigenvalue weighted by Crippen LogP contribution is 2.28. The number of hydrogen-bond donors (Lipinski definition) is 0. The van der Waals surface area contributed by atoms with Crippen molar-refractivity contribution >= 4 is 21.8 Å². The van der Waals surface area contributed by atoms with Crippen LogP contribution in [0.2, 0.25) is 0 Å². The molecule has 1 heterocycles. The lowest BCUT2D eigenvalue weighted by molar-refractivity contribution is 0.0737. The SMILES string of the molecule is Cc1cccc(C)c1C(=O)N1CCC(C)C1CBr. The molecule has 0 aliphatic carbocycles. The fourth-order valence-corrected chi connectivity index (χ4v) is 3.78. The van der Waals surface area contributed by atoms with Gasteiger partial charge in [0.05, 0.1) is 0 Å². The van der Waals surface area contributed by atoms with E-state index >= 15 is 0 Å². The van der Waals surface area contributed by atoms with Gasteiger partial charge in [-0.05, 0) is 37.3 Å². The molecule has 18 heavy (non-hydrogen) atoms. The first kappa shape index (κ1) is 13.6. The molecule has 2 rings (SSSR count). The van der Waals surface area contributed by atoms with Crippen LogP contribution >= 0.6 is 15.9 Å². The third-order valence-electron chi connectivity index (χ3n) is 4.00. The minimum atomic E-state index is 0.194. The molecule has 0 radical (unpaired) electrons. The first-order valence-corrected chi connectivity index (χ1v) is 7.61. The van der Waals surface area contributed by atoms with E-state index in [4.69, 9.17) is 0 Å². The van der Waals surface area contributed by atoms with Gasteiger partial charge in [-0.15, -0.1) is 0 Å². The first-order valence-electron chi connectivity index (χ1n) is 6.49. The van der Waals surface area contributed by atoms with Crippen LogP contribution in [0.4, 0.5) is 0 Å². The fraction of sp³-hybridized carbons (Fsp3) is 0.533. The predicted molar refractivity (Wildman–Crippen MR) is 78.3 cm³/mol. The molecule has 1 amide bonds. The molecule has 0 saturated carbocycles. The first-order chi connectivity index (χ1) is 8.56. The molecule has 0 N–H and O–H groups in total. The lowest BCUT2D eigenvalue weighted by Gasteiger charge is -2.26. The minimum Gasteiger partial charge on any atom is -0.335 e. The van der Waals surface area contributed by atoms with E-state index in [1.807, 2.05) is 36.9 Å². The average molecular weight is 310 g/mol. The molecule has 0 aromatic heterocycles. The molecule has 1 aliphatic heterocycles. The van der Waals surface area contributed by atoms with E-state index in [0.717, 1.165) is 35.0 Å². The van der Waals surface area contributed by atoms with Gasteiger partial charge in [-0.3, -0.25) is 4.79 Å². The Morgan fingerprint density at radius 1 is 1.39 bits per heavy atom. The van der Waals surface area contributed by atoms with Crippen molar-refractivity contribution in [2.24, 2.45) is 5.92 Å². The van der Waals surface area contributed by atoms with Gasteiger partial charge in [0.1, 0.15) is 0 Å². The Hall–Kier alpha value is -0.830. The maximum absolute atomic E-state index is 12.7. The number of aryl methyl sites for hydroxylation is 2. The Morgan fingerprint density at radius 3 is 2.56 bits per heavy atom. The smallest absolute Gasteiger partial charge is 0.254 e. The van der Waals surface area contributed by atoms with Crippen LogP contribution in [-0.2, 0) is 0 Å². The molecule has 1 aromatic carbocycles. The van der Waals surface area contributed by atoms with Crippen LogP contribution in [0.3, 0.4) is 0 Å². The zero-order valence-electron chi connectivity index (χ0n) is 11.2. The molecule has 0 bridgehead atoms. The average Bonchev–Trinajstić information content (AvgIpc) is 2.69. The summed E-state index contributed by atoms with van der Waals surface area (Å²) in [5.74, 6) is 0.775. The Labute approximate surface area is 117 Å². The molecule has 1 aromatic rings. The van der Waals surface area contributed by atoms with Crippen molar-refractivity contribution < 1.29 is 4.79 Å². The van der Waals surface area contributed by atoms with Crippen LogP contribution in [0, 0.1) is 19.8 Å². The van der Waals surface area contributed by atoms with Crippen LogP contribution in [0.15, 0.2) is 18.2 Å². The molecular weight excluding hydrogens is 290 g/mol. The molecule has 2 atom stereocenters. The van der Waals surface area contributed by atoms with Crippen LogP contribution in [0.5, 0.6) is 0 Å². The Morgan fingerprint density at radius 2 is 2.00 bits per heavy atom. The molecule has 3 heteroatoms. The standard InChI is InChI=1S/C15H20BrNO/c1-10-7-8-17(13(10)9-16)15(18)14-11(2)5-4-6-12(14)3/h4-6,10,13H,7-9H2,1-3H3. The van der Waals surface area contributed by atoms with Gasteiger partial charge in [0.15, 0.2) is 0 Å². The fourth-order valence-electron chi connectivity index (χ4n) is 2.79. The number of alkyl halides is 1. The molecule has 98 valence electrons. The second kappa shape index (κ2) is 5.43. The van der Waals surface area contributed by atoms with Crippen molar-refractivity contribution in [3.05, 3.63) is 34.9 Å². The van der Waals surface area contributed by atoms with Gasteiger partial charge in [0, 0.05) is 23.5 Å². The zero-order valence-corrected chi connectivity index (χ0v) is 12.8. The summed E-state index contributed by atoms with van der Waals surface area (Å²) in [6.45, 7) is 7.14. The van der Waals surface area contributed by atoms with Gasteiger partial charge < -0.3 is 4.90 Å². The summed E-state index contributed by atoms with van der Waals surface area (Å²) in [7, 11) is 0. The van der Waals surface area contributed by atoms with Crippen LogP contribution in [0.25, 0.3) is 0 Å². The number of nitrogens with zero attached hydrogens (tertiary/aromatic N) is 1. The summed E-state index contributed by atoms with van der Waals surface area (Å²) >= 11 is 3.54. The highest BCUT2D eigenvalue weighted by Gasteiger charge is 2.34. The number of likely N-dealkylation sites (tertiary alicyclic amines) is 1. The number of benzene rings is 1. The molecule has 2 nitrogen and oxygen atoms in total. The summed E-state index contributed by atoms with van der Waals surface area (Å²) in [6, 6.07) is 6.37. The number of carbonyl (C=O) groups excluding carboxylic acids is 1. The molecule has 2 unspecified atom stereocenters. The number of amides is 1. The van der Waals surface area contributed by atoms with E-state index < -0.39 is 0 Å². The van der Waals surface area contributed by atoms with Gasteiger partial charge in [0.25, 0.3) is 5.91 Å². The highest BCUT2D eigenvalue weighted by atomic mass is 79.9. The maximum atomic E-state index is 12.7. The van der Waals surface area contributed by atoms with Gasteiger partial charge in [-0.25, -0.2) is 0 Å². The molecular formula is C15H20BrNO. The van der Waals surface area contributed by atoms with Crippen LogP contribution < -0.4 is 0 Å². The topological polar surface area (TPSA) is 20.3 Å². The summed E-state index contributed by atoms with van der Waals surface area (Å²) in [5.41, 5.74) is 3.04. The number of halogens is 1. The van der Waals surface area contributed by atoms with Crippen molar-refractivity contribution in [1.82, 2.24) is 4.90 Å². The van der Waals surface area contributed by atoms with Crippen molar-refractivity contribution in [2.45, 2.75) is 33.2 Å². The Balaban J connectivity index is 2.32. The van der Waals surface area contributed by atoms with Crippen molar-refractivity contribution in [3.63, 3.8) is 0 Å². The van der Waals surface area contributed by atoms with Gasteiger partial charge in [0.2, 0.25) is 0 Å². The summed E-state index contributed by atoms with van der Waals surface area (Å²) in [4.78, 5) is 14.7. The zero-order chi connectivity index (χ0) is 13.3. The monoisotopic (exact) mass is 309 g/mol. The molecule has 0 spiro atoms. The number of carbonyl (C=O) groups is 1. The maximum Gasteiger partial charge on any atom is 0.254 e.